The number of halogens is 1. The summed E-state index contributed by atoms with van der Waals surface area (Å²) in [6.07, 6.45) is 5.62. The number of hydrogen-bond donors (Lipinski definition) is 1. The molecule has 0 saturated carbocycles. The Bertz CT molecular complexity index is 1210. The van der Waals surface area contributed by atoms with Gasteiger partial charge in [0, 0.05) is 61.7 Å². The highest BCUT2D eigenvalue weighted by atomic mass is 19.1. The Balaban J connectivity index is 1.57. The third-order valence-electron chi connectivity index (χ3n) is 6.76. The van der Waals surface area contributed by atoms with Crippen LogP contribution in [0, 0.1) is 11.7 Å². The molecule has 1 fully saturated rings. The summed E-state index contributed by atoms with van der Waals surface area (Å²) in [5, 5.41) is 7.17. The van der Waals surface area contributed by atoms with Crippen LogP contribution in [0.4, 0.5) is 4.39 Å². The molecule has 2 aromatic heterocycles. The van der Waals surface area contributed by atoms with E-state index in [1.54, 1.807) is 12.3 Å². The van der Waals surface area contributed by atoms with Crippen molar-refractivity contribution in [3.05, 3.63) is 41.6 Å². The molecule has 1 aromatic carbocycles. The summed E-state index contributed by atoms with van der Waals surface area (Å²) < 4.78 is 17.5. The van der Waals surface area contributed by atoms with Gasteiger partial charge < -0.3 is 14.5 Å². The number of nitrogens with zero attached hydrogens (tertiary/aromatic N) is 5. The summed E-state index contributed by atoms with van der Waals surface area (Å²) in [5.41, 5.74) is 2.24. The molecule has 5 rings (SSSR count). The molecule has 3 aromatic rings. The van der Waals surface area contributed by atoms with E-state index in [1.165, 1.54) is 0 Å². The van der Waals surface area contributed by atoms with E-state index in [2.05, 4.69) is 28.9 Å². The van der Waals surface area contributed by atoms with Gasteiger partial charge in [-0.05, 0) is 37.5 Å². The van der Waals surface area contributed by atoms with E-state index < -0.39 is 0 Å². The van der Waals surface area contributed by atoms with E-state index in [-0.39, 0.29) is 29.6 Å². The van der Waals surface area contributed by atoms with E-state index in [9.17, 15) is 4.79 Å². The minimum Gasteiger partial charge on any atom is -0.348 e. The fraction of sp³-hybridized carbons (Fsp3) is 0.458. The number of likely N-dealkylation sites (tertiary alicyclic amines) is 1. The zero-order valence-electron chi connectivity index (χ0n) is 19.0. The first-order chi connectivity index (χ1) is 15.4. The molecule has 2 aliphatic rings. The Morgan fingerprint density at radius 2 is 2.06 bits per heavy atom. The lowest BCUT2D eigenvalue weighted by atomic mass is 9.97. The van der Waals surface area contributed by atoms with Crippen LogP contribution in [-0.2, 0) is 6.54 Å². The third kappa shape index (κ3) is 3.12. The molecule has 0 bridgehead atoms. The zero-order valence-corrected chi connectivity index (χ0v) is 19.0. The van der Waals surface area contributed by atoms with Gasteiger partial charge >= 0.3 is 0 Å². The molecule has 0 spiro atoms. The van der Waals surface area contributed by atoms with E-state index in [1.807, 2.05) is 46.8 Å². The summed E-state index contributed by atoms with van der Waals surface area (Å²) in [6, 6.07) is 3.90. The van der Waals surface area contributed by atoms with E-state index in [0.717, 1.165) is 24.5 Å². The lowest BCUT2D eigenvalue weighted by Crippen LogP contribution is -2.35. The maximum atomic E-state index is 15.5. The number of aromatic amines is 1. The van der Waals surface area contributed by atoms with Gasteiger partial charge in [0.25, 0.3) is 5.91 Å². The summed E-state index contributed by atoms with van der Waals surface area (Å²) in [6.45, 7) is 10.9. The van der Waals surface area contributed by atoms with Crippen LogP contribution in [0.3, 0.4) is 0 Å². The molecule has 1 amide bonds. The Morgan fingerprint density at radius 1 is 1.25 bits per heavy atom. The van der Waals surface area contributed by atoms with E-state index in [4.69, 9.17) is 0 Å². The second-order valence-corrected chi connectivity index (χ2v) is 8.95. The molecular weight excluding hydrogens is 407 g/mol. The van der Waals surface area contributed by atoms with Crippen LogP contribution in [0.1, 0.15) is 49.7 Å². The van der Waals surface area contributed by atoms with Gasteiger partial charge in [-0.15, -0.1) is 0 Å². The van der Waals surface area contributed by atoms with Gasteiger partial charge in [0.05, 0.1) is 11.6 Å². The number of rotatable bonds is 5. The molecule has 1 saturated heterocycles. The van der Waals surface area contributed by atoms with E-state index in [0.29, 0.717) is 35.2 Å². The first kappa shape index (κ1) is 20.7. The molecule has 2 aliphatic heterocycles. The first-order valence-corrected chi connectivity index (χ1v) is 11.4. The molecule has 7 nitrogen and oxygen atoms in total. The number of amides is 1. The second-order valence-electron chi connectivity index (χ2n) is 8.95. The number of nitrogens with one attached hydrogen (secondary N) is 1. The Labute approximate surface area is 186 Å². The molecule has 0 aliphatic carbocycles. The van der Waals surface area contributed by atoms with Crippen LogP contribution >= 0.6 is 0 Å². The van der Waals surface area contributed by atoms with Crippen molar-refractivity contribution in [2.75, 3.05) is 19.6 Å². The van der Waals surface area contributed by atoms with Crippen LogP contribution in [0.15, 0.2) is 29.6 Å². The van der Waals surface area contributed by atoms with Crippen molar-refractivity contribution in [2.24, 2.45) is 11.0 Å². The van der Waals surface area contributed by atoms with Crippen molar-refractivity contribution < 1.29 is 9.18 Å². The molecule has 1 N–H and O–H groups in total. The van der Waals surface area contributed by atoms with Crippen molar-refractivity contribution in [3.8, 4) is 11.4 Å². The molecule has 2 unspecified atom stereocenters. The van der Waals surface area contributed by atoms with Gasteiger partial charge in [0.15, 0.2) is 5.82 Å². The van der Waals surface area contributed by atoms with Crippen LogP contribution in [0.2, 0.25) is 0 Å². The molecule has 4 heterocycles. The van der Waals surface area contributed by atoms with Crippen LogP contribution in [0.25, 0.3) is 22.3 Å². The normalized spacial score (nSPS) is 20.2. The minimum atomic E-state index is -0.296. The summed E-state index contributed by atoms with van der Waals surface area (Å²) >= 11 is 0. The monoisotopic (exact) mass is 436 g/mol. The standard InChI is InChI=1S/C24H29FN6O/c1-5-29-8-7-26-23(29)18-9-16(14(3)4)21(25)22-17(18)10-19(28-22)24(32)30-12-15-11-27-31(6-2)20(15)13-30/h7-11,14-15,20,28H,5-6,12-13H2,1-4H3. The predicted octanol–water partition coefficient (Wildman–Crippen LogP) is 4.08. The third-order valence-corrected chi connectivity index (χ3v) is 6.76. The highest BCUT2D eigenvalue weighted by molar-refractivity contribution is 6.03. The number of hydrazone groups is 1. The average Bonchev–Trinajstić information content (AvgIpc) is 3.55. The van der Waals surface area contributed by atoms with Crippen molar-refractivity contribution in [1.82, 2.24) is 24.4 Å². The highest BCUT2D eigenvalue weighted by Gasteiger charge is 2.41. The number of hydrogen-bond acceptors (Lipinski definition) is 4. The molecule has 8 heteroatoms. The molecular formula is C24H29FN6O. The lowest BCUT2D eigenvalue weighted by molar-refractivity contribution is 0.0771. The van der Waals surface area contributed by atoms with Crippen molar-refractivity contribution in [3.63, 3.8) is 0 Å². The smallest absolute Gasteiger partial charge is 0.270 e. The highest BCUT2D eigenvalue weighted by Crippen LogP contribution is 2.36. The number of imidazole rings is 1. The first-order valence-electron chi connectivity index (χ1n) is 11.4. The average molecular weight is 437 g/mol. The maximum Gasteiger partial charge on any atom is 0.270 e. The second kappa shape index (κ2) is 7.76. The fourth-order valence-electron chi connectivity index (χ4n) is 4.99. The summed E-state index contributed by atoms with van der Waals surface area (Å²) in [7, 11) is 0. The molecule has 2 atom stereocenters. The minimum absolute atomic E-state index is 0.00270. The van der Waals surface area contributed by atoms with Gasteiger partial charge in [0.2, 0.25) is 0 Å². The number of aryl methyl sites for hydroxylation is 1. The zero-order chi connectivity index (χ0) is 22.6. The van der Waals surface area contributed by atoms with Gasteiger partial charge in [-0.3, -0.25) is 9.80 Å². The number of fused-ring (bicyclic) bond motifs is 2. The Hall–Kier alpha value is -3.16. The summed E-state index contributed by atoms with van der Waals surface area (Å²) in [5.74, 6) is 0.635. The SMILES string of the molecule is CCN1N=CC2CN(C(=O)c3cc4c(-c5nccn5CC)cc(C(C)C)c(F)c4[nH]3)CC21. The Morgan fingerprint density at radius 3 is 2.78 bits per heavy atom. The number of likely N-dealkylation sites (N-methyl/N-ethyl adjacent to an activating group) is 1. The van der Waals surface area contributed by atoms with Crippen molar-refractivity contribution in [1.29, 1.82) is 0 Å². The quantitative estimate of drug-likeness (QED) is 0.655. The van der Waals surface area contributed by atoms with Crippen LogP contribution < -0.4 is 0 Å². The topological polar surface area (TPSA) is 69.5 Å². The lowest BCUT2D eigenvalue weighted by Gasteiger charge is -2.22. The fourth-order valence-corrected chi connectivity index (χ4v) is 4.99. The van der Waals surface area contributed by atoms with Crippen molar-refractivity contribution in [2.45, 2.75) is 46.2 Å². The number of benzene rings is 1. The summed E-state index contributed by atoms with van der Waals surface area (Å²) in [4.78, 5) is 22.9. The Kier molecular flexibility index (Phi) is 5.03. The predicted molar refractivity (Wildman–Crippen MR) is 123 cm³/mol. The number of carbonyl (C=O) groups is 1. The van der Waals surface area contributed by atoms with Crippen LogP contribution in [-0.4, -0.2) is 62.2 Å². The molecule has 168 valence electrons. The molecule has 0 radical (unpaired) electrons. The van der Waals surface area contributed by atoms with Crippen molar-refractivity contribution >= 4 is 23.0 Å². The van der Waals surface area contributed by atoms with Crippen LogP contribution in [0.5, 0.6) is 0 Å². The number of aromatic nitrogens is 3. The van der Waals surface area contributed by atoms with E-state index >= 15 is 4.39 Å². The van der Waals surface area contributed by atoms with Gasteiger partial charge in [-0.2, -0.15) is 5.10 Å². The molecule has 32 heavy (non-hydrogen) atoms. The maximum absolute atomic E-state index is 15.5. The largest absolute Gasteiger partial charge is 0.348 e. The number of H-pyrrole nitrogens is 1. The van der Waals surface area contributed by atoms with Gasteiger partial charge in [0.1, 0.15) is 11.5 Å². The van der Waals surface area contributed by atoms with Gasteiger partial charge in [-0.25, -0.2) is 9.37 Å². The number of carbonyl (C=O) groups excluding carboxylic acids is 1. The van der Waals surface area contributed by atoms with Gasteiger partial charge in [-0.1, -0.05) is 13.8 Å².